The van der Waals surface area contributed by atoms with Gasteiger partial charge < -0.3 is 10.3 Å². The molecule has 0 spiro atoms. The van der Waals surface area contributed by atoms with Gasteiger partial charge in [-0.25, -0.2) is 4.98 Å². The van der Waals surface area contributed by atoms with Crippen LogP contribution in [0.3, 0.4) is 0 Å². The molecule has 22 heavy (non-hydrogen) atoms. The van der Waals surface area contributed by atoms with Gasteiger partial charge in [0.15, 0.2) is 5.69 Å². The van der Waals surface area contributed by atoms with Crippen LogP contribution >= 0.6 is 0 Å². The van der Waals surface area contributed by atoms with Crippen LogP contribution in [0.15, 0.2) is 6.20 Å². The lowest BCUT2D eigenvalue weighted by Crippen LogP contribution is -2.48. The lowest BCUT2D eigenvalue weighted by atomic mass is 9.53. The average Bonchev–Trinajstić information content (AvgIpc) is 2.95. The summed E-state index contributed by atoms with van der Waals surface area (Å²) >= 11 is 0. The fraction of sp³-hybridized carbons (Fsp3) is 0.812. The summed E-state index contributed by atoms with van der Waals surface area (Å²) < 4.78 is 41.0. The van der Waals surface area contributed by atoms with Crippen molar-refractivity contribution >= 4 is 0 Å². The molecule has 0 aromatic carbocycles. The predicted molar refractivity (Wildman–Crippen MR) is 78.5 cm³/mol. The van der Waals surface area contributed by atoms with Gasteiger partial charge in [0, 0.05) is 17.7 Å². The van der Waals surface area contributed by atoms with E-state index in [1.54, 1.807) is 4.57 Å². The Kier molecular flexibility index (Phi) is 3.59. The highest BCUT2D eigenvalue weighted by Crippen LogP contribution is 2.57. The third-order valence-corrected chi connectivity index (χ3v) is 5.89. The van der Waals surface area contributed by atoms with E-state index in [1.165, 1.54) is 6.20 Å². The fourth-order valence-corrected chi connectivity index (χ4v) is 4.22. The van der Waals surface area contributed by atoms with E-state index in [-0.39, 0.29) is 16.9 Å². The van der Waals surface area contributed by atoms with Crippen molar-refractivity contribution in [3.63, 3.8) is 0 Å². The van der Waals surface area contributed by atoms with Crippen molar-refractivity contribution in [2.24, 2.45) is 11.1 Å². The Hall–Kier alpha value is -1.04. The second kappa shape index (κ2) is 4.98. The van der Waals surface area contributed by atoms with Gasteiger partial charge in [-0.2, -0.15) is 13.2 Å². The zero-order valence-electron chi connectivity index (χ0n) is 13.2. The van der Waals surface area contributed by atoms with Gasteiger partial charge in [-0.1, -0.05) is 0 Å². The molecule has 1 heterocycles. The Bertz CT molecular complexity index is 535. The highest BCUT2D eigenvalue weighted by atomic mass is 19.4. The number of halogens is 3. The normalized spacial score (nSPS) is 32.0. The van der Waals surface area contributed by atoms with Gasteiger partial charge in [-0.15, -0.1) is 0 Å². The first-order valence-corrected chi connectivity index (χ1v) is 8.08. The number of nitrogens with zero attached hydrogens (tertiary/aromatic N) is 2. The van der Waals surface area contributed by atoms with Crippen LogP contribution in [-0.4, -0.2) is 16.1 Å². The quantitative estimate of drug-likeness (QED) is 0.915. The molecule has 3 aliphatic rings. The van der Waals surface area contributed by atoms with Gasteiger partial charge in [-0.05, 0) is 64.3 Å². The van der Waals surface area contributed by atoms with E-state index < -0.39 is 11.9 Å². The molecule has 1 aromatic heterocycles. The molecule has 0 saturated heterocycles. The molecular formula is C16H24F3N3. The van der Waals surface area contributed by atoms with E-state index in [0.29, 0.717) is 12.4 Å². The summed E-state index contributed by atoms with van der Waals surface area (Å²) in [5.41, 5.74) is 5.20. The number of rotatable bonds is 3. The molecular weight excluding hydrogens is 291 g/mol. The zero-order chi connectivity index (χ0) is 16.2. The third-order valence-electron chi connectivity index (χ3n) is 5.89. The van der Waals surface area contributed by atoms with Crippen LogP contribution in [0.1, 0.15) is 69.9 Å². The number of imidazole rings is 1. The second-order valence-electron chi connectivity index (χ2n) is 7.43. The molecule has 124 valence electrons. The van der Waals surface area contributed by atoms with E-state index >= 15 is 0 Å². The number of hydrogen-bond donors (Lipinski definition) is 1. The van der Waals surface area contributed by atoms with Gasteiger partial charge in [0.25, 0.3) is 0 Å². The Morgan fingerprint density at radius 2 is 1.73 bits per heavy atom. The first-order chi connectivity index (χ1) is 10.2. The molecule has 4 rings (SSSR count). The summed E-state index contributed by atoms with van der Waals surface area (Å²) in [5.74, 6) is 0.639. The Balaban J connectivity index is 2.00. The van der Waals surface area contributed by atoms with Crippen LogP contribution < -0.4 is 5.73 Å². The SMILES string of the molecule is CC(C)n1cc(C(F)(F)F)nc1C12CCC(CN)(CC1)CC2. The van der Waals surface area contributed by atoms with Crippen LogP contribution in [-0.2, 0) is 11.6 Å². The smallest absolute Gasteiger partial charge is 0.331 e. The van der Waals surface area contributed by atoms with E-state index in [4.69, 9.17) is 5.73 Å². The summed E-state index contributed by atoms with van der Waals surface area (Å²) in [5, 5.41) is 0. The van der Waals surface area contributed by atoms with Crippen molar-refractivity contribution in [2.75, 3.05) is 6.54 Å². The molecule has 3 nitrogen and oxygen atoms in total. The van der Waals surface area contributed by atoms with E-state index in [9.17, 15) is 13.2 Å². The monoisotopic (exact) mass is 315 g/mol. The molecule has 6 heteroatoms. The molecule has 3 fully saturated rings. The first-order valence-electron chi connectivity index (χ1n) is 8.08. The van der Waals surface area contributed by atoms with E-state index in [2.05, 4.69) is 4.98 Å². The molecule has 1 aromatic rings. The van der Waals surface area contributed by atoms with E-state index in [1.807, 2.05) is 13.8 Å². The number of aromatic nitrogens is 2. The van der Waals surface area contributed by atoms with E-state index in [0.717, 1.165) is 38.5 Å². The van der Waals surface area contributed by atoms with Crippen LogP contribution in [0.25, 0.3) is 0 Å². The molecule has 2 N–H and O–H groups in total. The number of nitrogens with two attached hydrogens (primary N) is 1. The topological polar surface area (TPSA) is 43.8 Å². The van der Waals surface area contributed by atoms with Crippen molar-refractivity contribution < 1.29 is 13.2 Å². The van der Waals surface area contributed by atoms with Gasteiger partial charge >= 0.3 is 6.18 Å². The summed E-state index contributed by atoms with van der Waals surface area (Å²) in [7, 11) is 0. The highest BCUT2D eigenvalue weighted by Gasteiger charge is 2.51. The standard InChI is InChI=1S/C16H24F3N3/c1-11(2)22-9-12(16(17,18)19)21-13(22)15-6-3-14(10-20,4-7-15)5-8-15/h9,11H,3-8,10,20H2,1-2H3. The van der Waals surface area contributed by atoms with Gasteiger partial charge in [-0.3, -0.25) is 0 Å². The van der Waals surface area contributed by atoms with Crippen molar-refractivity contribution in [3.8, 4) is 0 Å². The van der Waals surface area contributed by atoms with Gasteiger partial charge in [0.2, 0.25) is 0 Å². The number of fused-ring (bicyclic) bond motifs is 3. The van der Waals surface area contributed by atoms with Crippen molar-refractivity contribution in [2.45, 2.75) is 70.0 Å². The third kappa shape index (κ3) is 2.36. The summed E-state index contributed by atoms with van der Waals surface area (Å²) in [6, 6.07) is -0.0175. The maximum Gasteiger partial charge on any atom is 0.434 e. The Morgan fingerprint density at radius 3 is 2.14 bits per heavy atom. The van der Waals surface area contributed by atoms with Gasteiger partial charge in [0.05, 0.1) is 0 Å². The average molecular weight is 315 g/mol. The number of hydrogen-bond acceptors (Lipinski definition) is 2. The van der Waals surface area contributed by atoms with Crippen LogP contribution in [0, 0.1) is 5.41 Å². The van der Waals surface area contributed by atoms with Crippen molar-refractivity contribution in [3.05, 3.63) is 17.7 Å². The van der Waals surface area contributed by atoms with Crippen molar-refractivity contribution in [1.82, 2.24) is 9.55 Å². The van der Waals surface area contributed by atoms with Crippen LogP contribution in [0.2, 0.25) is 0 Å². The maximum absolute atomic E-state index is 13.1. The second-order valence-corrected chi connectivity index (χ2v) is 7.43. The molecule has 0 radical (unpaired) electrons. The maximum atomic E-state index is 13.1. The molecule has 0 aliphatic heterocycles. The highest BCUT2D eigenvalue weighted by molar-refractivity contribution is 5.21. The fourth-order valence-electron chi connectivity index (χ4n) is 4.22. The zero-order valence-corrected chi connectivity index (χ0v) is 13.2. The predicted octanol–water partition coefficient (Wildman–Crippen LogP) is 4.03. The lowest BCUT2D eigenvalue weighted by Gasteiger charge is -2.53. The first kappa shape index (κ1) is 15.8. The van der Waals surface area contributed by atoms with Crippen molar-refractivity contribution in [1.29, 1.82) is 0 Å². The Labute approximate surface area is 129 Å². The summed E-state index contributed by atoms with van der Waals surface area (Å²) in [6.45, 7) is 4.52. The summed E-state index contributed by atoms with van der Waals surface area (Å²) in [6.07, 6.45) is 2.56. The molecule has 3 aliphatic carbocycles. The Morgan fingerprint density at radius 1 is 1.18 bits per heavy atom. The van der Waals surface area contributed by atoms with Crippen LogP contribution in [0.5, 0.6) is 0 Å². The molecule has 0 atom stereocenters. The molecule has 3 saturated carbocycles. The summed E-state index contributed by atoms with van der Waals surface area (Å²) in [4.78, 5) is 4.05. The minimum Gasteiger partial charge on any atom is -0.331 e. The molecule has 0 unspecified atom stereocenters. The minimum atomic E-state index is -4.38. The number of alkyl halides is 3. The lowest BCUT2D eigenvalue weighted by molar-refractivity contribution is -0.141. The minimum absolute atomic E-state index is 0.0175. The molecule has 0 amide bonds. The largest absolute Gasteiger partial charge is 0.434 e. The van der Waals surface area contributed by atoms with Gasteiger partial charge in [0.1, 0.15) is 5.82 Å². The molecule has 2 bridgehead atoms. The van der Waals surface area contributed by atoms with Crippen LogP contribution in [0.4, 0.5) is 13.2 Å².